The summed E-state index contributed by atoms with van der Waals surface area (Å²) in [7, 11) is 2.85. The maximum Gasteiger partial charge on any atom is 0.331 e. The second-order valence-corrected chi connectivity index (χ2v) is 6.46. The number of aromatic nitrogens is 4. The second-order valence-electron chi connectivity index (χ2n) is 5.50. The van der Waals surface area contributed by atoms with Crippen LogP contribution in [0.2, 0.25) is 0 Å². The fourth-order valence-corrected chi connectivity index (χ4v) is 3.43. The Kier molecular flexibility index (Phi) is 4.77. The van der Waals surface area contributed by atoms with Gasteiger partial charge < -0.3 is 5.32 Å². The molecule has 0 saturated carbocycles. The van der Waals surface area contributed by atoms with Crippen molar-refractivity contribution in [3.05, 3.63) is 50.7 Å². The van der Waals surface area contributed by atoms with Gasteiger partial charge in [0.1, 0.15) is 22.5 Å². The predicted molar refractivity (Wildman–Crippen MR) is 99.5 cm³/mol. The molecule has 3 rings (SSSR count). The number of nitrogens with one attached hydrogen (secondary N) is 1. The summed E-state index contributed by atoms with van der Waals surface area (Å²) in [5.74, 6) is 0.660. The summed E-state index contributed by atoms with van der Waals surface area (Å²) in [6.07, 6.45) is 0. The first-order valence-electron chi connectivity index (χ1n) is 7.86. The summed E-state index contributed by atoms with van der Waals surface area (Å²) >= 11 is 1.02. The van der Waals surface area contributed by atoms with Crippen molar-refractivity contribution < 1.29 is 0 Å². The van der Waals surface area contributed by atoms with Crippen LogP contribution in [-0.2, 0) is 14.1 Å². The molecule has 2 heterocycles. The summed E-state index contributed by atoms with van der Waals surface area (Å²) in [4.78, 5) is 33.4. The zero-order chi connectivity index (χ0) is 18.8. The molecular weight excluding hydrogens is 352 g/mol. The number of hydrogen-bond donors (Lipinski definition) is 1. The van der Waals surface area contributed by atoms with E-state index >= 15 is 0 Å². The Morgan fingerprint density at radius 3 is 2.62 bits per heavy atom. The van der Waals surface area contributed by atoms with Crippen LogP contribution >= 0.6 is 11.8 Å². The van der Waals surface area contributed by atoms with Crippen molar-refractivity contribution in [2.75, 3.05) is 11.9 Å². The Morgan fingerprint density at radius 1 is 1.19 bits per heavy atom. The molecule has 0 aliphatic rings. The van der Waals surface area contributed by atoms with Gasteiger partial charge in [-0.1, -0.05) is 12.1 Å². The number of rotatable bonds is 4. The lowest BCUT2D eigenvalue weighted by Crippen LogP contribution is -2.39. The van der Waals surface area contributed by atoms with Crippen molar-refractivity contribution in [1.82, 2.24) is 19.1 Å². The first-order valence-corrected chi connectivity index (χ1v) is 8.68. The minimum atomic E-state index is -0.634. The van der Waals surface area contributed by atoms with Gasteiger partial charge in [-0.3, -0.25) is 13.9 Å². The van der Waals surface area contributed by atoms with Gasteiger partial charge in [-0.05, 0) is 30.8 Å². The molecule has 0 atom stereocenters. The molecule has 0 fully saturated rings. The quantitative estimate of drug-likeness (QED) is 0.549. The molecule has 132 valence electrons. The molecule has 26 heavy (non-hydrogen) atoms. The lowest BCUT2D eigenvalue weighted by Gasteiger charge is -2.12. The topological polar surface area (TPSA) is 106 Å². The van der Waals surface area contributed by atoms with E-state index in [9.17, 15) is 14.9 Å². The summed E-state index contributed by atoms with van der Waals surface area (Å²) in [5.41, 5.74) is -0.523. The van der Waals surface area contributed by atoms with Crippen LogP contribution in [0.4, 0.5) is 5.82 Å². The van der Waals surface area contributed by atoms with Crippen molar-refractivity contribution >= 4 is 28.5 Å². The van der Waals surface area contributed by atoms with Crippen molar-refractivity contribution in [2.45, 2.75) is 17.1 Å². The van der Waals surface area contributed by atoms with Gasteiger partial charge in [-0.2, -0.15) is 5.26 Å². The maximum absolute atomic E-state index is 12.2. The summed E-state index contributed by atoms with van der Waals surface area (Å²) in [5, 5.41) is 14.0. The highest BCUT2D eigenvalue weighted by molar-refractivity contribution is 7.99. The largest absolute Gasteiger partial charge is 0.370 e. The first kappa shape index (κ1) is 17.7. The van der Waals surface area contributed by atoms with Crippen LogP contribution < -0.4 is 16.6 Å². The molecular formula is C17H16N6O2S. The van der Waals surface area contributed by atoms with E-state index in [1.54, 1.807) is 0 Å². The van der Waals surface area contributed by atoms with Crippen LogP contribution in [0.3, 0.4) is 0 Å². The Bertz CT molecular complexity index is 1160. The molecule has 3 aromatic rings. The fraction of sp³-hybridized carbons (Fsp3) is 0.235. The highest BCUT2D eigenvalue weighted by Crippen LogP contribution is 2.29. The zero-order valence-electron chi connectivity index (χ0n) is 14.5. The molecule has 0 spiro atoms. The van der Waals surface area contributed by atoms with Crippen molar-refractivity contribution in [3.63, 3.8) is 0 Å². The van der Waals surface area contributed by atoms with Crippen LogP contribution in [-0.4, -0.2) is 25.6 Å². The van der Waals surface area contributed by atoms with E-state index in [2.05, 4.69) is 15.3 Å². The molecule has 0 aliphatic heterocycles. The van der Waals surface area contributed by atoms with Crippen LogP contribution in [0.5, 0.6) is 0 Å². The van der Waals surface area contributed by atoms with Crippen LogP contribution in [0.25, 0.3) is 10.9 Å². The first-order chi connectivity index (χ1) is 12.5. The van der Waals surface area contributed by atoms with Gasteiger partial charge in [0.25, 0.3) is 5.56 Å². The normalized spacial score (nSPS) is 10.7. The molecule has 0 radical (unpaired) electrons. The van der Waals surface area contributed by atoms with Crippen molar-refractivity contribution in [3.8, 4) is 6.07 Å². The number of nitriles is 1. The van der Waals surface area contributed by atoms with E-state index in [4.69, 9.17) is 0 Å². The van der Waals surface area contributed by atoms with E-state index in [0.29, 0.717) is 17.5 Å². The molecule has 0 unspecified atom stereocenters. The standard InChI is InChI=1S/C17H16N6O2S/c1-4-19-13-10-7-5-6-8-12(10)20-16(21-13)26-15-11(9-18)14(24)22(2)17(25)23(15)3/h5-8H,4H2,1-3H3,(H,19,20,21). The lowest BCUT2D eigenvalue weighted by molar-refractivity contribution is 0.630. The average Bonchev–Trinajstić information content (AvgIpc) is 2.65. The number of benzene rings is 1. The van der Waals surface area contributed by atoms with Gasteiger partial charge in [-0.15, -0.1) is 0 Å². The van der Waals surface area contributed by atoms with Gasteiger partial charge in [-0.25, -0.2) is 14.8 Å². The molecule has 8 nitrogen and oxygen atoms in total. The molecule has 9 heteroatoms. The van der Waals surface area contributed by atoms with Gasteiger partial charge in [0.15, 0.2) is 5.16 Å². The van der Waals surface area contributed by atoms with E-state index in [1.165, 1.54) is 18.7 Å². The Balaban J connectivity index is 2.21. The van der Waals surface area contributed by atoms with Gasteiger partial charge in [0.05, 0.1) is 5.52 Å². The average molecular weight is 368 g/mol. The molecule has 0 bridgehead atoms. The second kappa shape index (κ2) is 7.01. The van der Waals surface area contributed by atoms with E-state index in [-0.39, 0.29) is 10.6 Å². The van der Waals surface area contributed by atoms with E-state index in [1.807, 2.05) is 37.3 Å². The predicted octanol–water partition coefficient (Wildman–Crippen LogP) is 1.48. The smallest absolute Gasteiger partial charge is 0.331 e. The summed E-state index contributed by atoms with van der Waals surface area (Å²) in [6.45, 7) is 2.64. The third-order valence-electron chi connectivity index (χ3n) is 3.84. The van der Waals surface area contributed by atoms with Crippen LogP contribution in [0.1, 0.15) is 12.5 Å². The number of fused-ring (bicyclic) bond motifs is 1. The monoisotopic (exact) mass is 368 g/mol. The molecule has 0 amide bonds. The highest BCUT2D eigenvalue weighted by atomic mass is 32.2. The Labute approximate surface area is 153 Å². The molecule has 0 saturated heterocycles. The molecule has 2 aromatic heterocycles. The third-order valence-corrected chi connectivity index (χ3v) is 4.87. The van der Waals surface area contributed by atoms with Crippen LogP contribution in [0.15, 0.2) is 44.0 Å². The van der Waals surface area contributed by atoms with Crippen molar-refractivity contribution in [2.24, 2.45) is 14.1 Å². The minimum absolute atomic E-state index is 0.110. The van der Waals surface area contributed by atoms with Gasteiger partial charge >= 0.3 is 5.69 Å². The fourth-order valence-electron chi connectivity index (χ4n) is 2.53. The molecule has 1 aromatic carbocycles. The van der Waals surface area contributed by atoms with Gasteiger partial charge in [0.2, 0.25) is 0 Å². The maximum atomic E-state index is 12.2. The summed E-state index contributed by atoms with van der Waals surface area (Å²) in [6, 6.07) is 9.43. The third kappa shape index (κ3) is 2.95. The zero-order valence-corrected chi connectivity index (χ0v) is 15.3. The lowest BCUT2D eigenvalue weighted by atomic mass is 10.2. The molecule has 0 aliphatic carbocycles. The number of hydrogen-bond acceptors (Lipinski definition) is 7. The highest BCUT2D eigenvalue weighted by Gasteiger charge is 2.18. The number of nitrogens with zero attached hydrogens (tertiary/aromatic N) is 5. The van der Waals surface area contributed by atoms with Crippen LogP contribution in [0, 0.1) is 11.3 Å². The van der Waals surface area contributed by atoms with E-state index in [0.717, 1.165) is 27.2 Å². The number of anilines is 1. The number of para-hydroxylation sites is 1. The Hall–Kier alpha value is -3.12. The van der Waals surface area contributed by atoms with Crippen molar-refractivity contribution in [1.29, 1.82) is 5.26 Å². The molecule has 1 N–H and O–H groups in total. The van der Waals surface area contributed by atoms with Gasteiger partial charge in [0, 0.05) is 26.0 Å². The minimum Gasteiger partial charge on any atom is -0.370 e. The SMILES string of the molecule is CCNc1nc(Sc2c(C#N)c(=O)n(C)c(=O)n2C)nc2ccccc12. The summed E-state index contributed by atoms with van der Waals surface area (Å²) < 4.78 is 2.17. The Morgan fingerprint density at radius 2 is 1.92 bits per heavy atom. The van der Waals surface area contributed by atoms with E-state index < -0.39 is 11.2 Å².